The van der Waals surface area contributed by atoms with Gasteiger partial charge in [0, 0.05) is 22.9 Å². The summed E-state index contributed by atoms with van der Waals surface area (Å²) in [5.74, 6) is 2.06. The molecule has 8 heteroatoms. The van der Waals surface area contributed by atoms with Gasteiger partial charge in [-0.15, -0.1) is 0 Å². The summed E-state index contributed by atoms with van der Waals surface area (Å²) < 4.78 is 18.2. The molecule has 1 amide bonds. The van der Waals surface area contributed by atoms with Gasteiger partial charge in [0.15, 0.2) is 11.5 Å². The second kappa shape index (κ2) is 8.28. The molecule has 30 heavy (non-hydrogen) atoms. The van der Waals surface area contributed by atoms with E-state index in [4.69, 9.17) is 25.8 Å². The molecule has 2 aromatic carbocycles. The summed E-state index contributed by atoms with van der Waals surface area (Å²) in [6, 6.07) is 11.3. The van der Waals surface area contributed by atoms with Crippen molar-refractivity contribution in [1.82, 2.24) is 9.78 Å². The van der Waals surface area contributed by atoms with Crippen molar-refractivity contribution in [2.24, 2.45) is 0 Å². The zero-order chi connectivity index (χ0) is 21.3. The van der Waals surface area contributed by atoms with Gasteiger partial charge in [-0.05, 0) is 35.4 Å². The maximum Gasteiger partial charge on any atom is 0.226 e. The first kappa shape index (κ1) is 20.1. The third kappa shape index (κ3) is 3.68. The number of methoxy groups -OCH3 is 3. The monoisotopic (exact) mass is 427 g/mol. The molecule has 4 rings (SSSR count). The molecule has 1 aliphatic heterocycles. The molecule has 3 aromatic rings. The highest BCUT2D eigenvalue weighted by atomic mass is 35.5. The number of nitrogens with one attached hydrogen (secondary N) is 1. The number of anilines is 1. The molecule has 1 atom stereocenters. The first-order chi connectivity index (χ1) is 14.5. The predicted octanol–water partition coefficient (Wildman–Crippen LogP) is 4.08. The summed E-state index contributed by atoms with van der Waals surface area (Å²) in [4.78, 5) is 12.5. The highest BCUT2D eigenvalue weighted by Crippen LogP contribution is 2.44. The first-order valence-corrected chi connectivity index (χ1v) is 9.81. The number of hydrogen-bond acceptors (Lipinski definition) is 5. The molecule has 1 aromatic heterocycles. The zero-order valence-electron chi connectivity index (χ0n) is 16.9. The van der Waals surface area contributed by atoms with Gasteiger partial charge in [-0.1, -0.05) is 23.7 Å². The summed E-state index contributed by atoms with van der Waals surface area (Å²) in [7, 11) is 4.71. The number of carbonyl (C=O) groups excluding carboxylic acids is 1. The van der Waals surface area contributed by atoms with E-state index in [0.29, 0.717) is 41.1 Å². The number of halogens is 1. The average molecular weight is 428 g/mol. The van der Waals surface area contributed by atoms with Crippen molar-refractivity contribution < 1.29 is 19.0 Å². The molecule has 1 aliphatic rings. The molecule has 1 N–H and O–H groups in total. The van der Waals surface area contributed by atoms with Crippen molar-refractivity contribution in [3.8, 4) is 17.2 Å². The average Bonchev–Trinajstić information content (AvgIpc) is 3.15. The van der Waals surface area contributed by atoms with Crippen LogP contribution in [0.3, 0.4) is 0 Å². The number of nitrogens with zero attached hydrogens (tertiary/aromatic N) is 2. The Morgan fingerprint density at radius 2 is 1.77 bits per heavy atom. The number of ether oxygens (including phenoxy) is 3. The molecular weight excluding hydrogens is 406 g/mol. The van der Waals surface area contributed by atoms with Gasteiger partial charge in [0.2, 0.25) is 11.7 Å². The first-order valence-electron chi connectivity index (χ1n) is 9.44. The van der Waals surface area contributed by atoms with Gasteiger partial charge in [-0.3, -0.25) is 4.79 Å². The third-order valence-corrected chi connectivity index (χ3v) is 5.48. The van der Waals surface area contributed by atoms with E-state index in [1.54, 1.807) is 32.2 Å². The Hall–Kier alpha value is -3.19. The van der Waals surface area contributed by atoms with Crippen molar-refractivity contribution >= 4 is 23.3 Å². The van der Waals surface area contributed by atoms with Crippen LogP contribution in [0.4, 0.5) is 5.82 Å². The van der Waals surface area contributed by atoms with Gasteiger partial charge in [0.25, 0.3) is 0 Å². The van der Waals surface area contributed by atoms with Gasteiger partial charge in [-0.25, -0.2) is 4.68 Å². The molecule has 0 spiro atoms. The Balaban J connectivity index is 1.74. The lowest BCUT2D eigenvalue weighted by atomic mass is 9.87. The molecule has 0 aliphatic carbocycles. The quantitative estimate of drug-likeness (QED) is 0.641. The van der Waals surface area contributed by atoms with Crippen molar-refractivity contribution in [1.29, 1.82) is 0 Å². The number of hydrogen-bond donors (Lipinski definition) is 1. The lowest BCUT2D eigenvalue weighted by molar-refractivity contribution is -0.116. The van der Waals surface area contributed by atoms with Crippen molar-refractivity contribution in [2.75, 3.05) is 26.6 Å². The van der Waals surface area contributed by atoms with Crippen molar-refractivity contribution in [3.05, 3.63) is 64.3 Å². The van der Waals surface area contributed by atoms with E-state index in [2.05, 4.69) is 10.4 Å². The molecule has 0 saturated heterocycles. The van der Waals surface area contributed by atoms with E-state index in [0.717, 1.165) is 16.7 Å². The fourth-order valence-corrected chi connectivity index (χ4v) is 3.88. The second-order valence-corrected chi connectivity index (χ2v) is 7.43. The Morgan fingerprint density at radius 3 is 2.37 bits per heavy atom. The van der Waals surface area contributed by atoms with Gasteiger partial charge < -0.3 is 19.5 Å². The minimum absolute atomic E-state index is 0.0703. The largest absolute Gasteiger partial charge is 0.493 e. The minimum atomic E-state index is -0.179. The lowest BCUT2D eigenvalue weighted by Gasteiger charge is -2.25. The lowest BCUT2D eigenvalue weighted by Crippen LogP contribution is -2.25. The number of rotatable bonds is 6. The molecule has 2 heterocycles. The molecular formula is C22H22ClN3O4. The topological polar surface area (TPSA) is 74.6 Å². The Morgan fingerprint density at radius 1 is 1.10 bits per heavy atom. The summed E-state index contributed by atoms with van der Waals surface area (Å²) in [6.07, 6.45) is 2.11. The summed E-state index contributed by atoms with van der Waals surface area (Å²) in [5.41, 5.74) is 2.87. The number of fused-ring (bicyclic) bond motifs is 1. The van der Waals surface area contributed by atoms with Crippen LogP contribution in [0.25, 0.3) is 0 Å². The number of amides is 1. The summed E-state index contributed by atoms with van der Waals surface area (Å²) in [5, 5.41) is 8.17. The molecule has 1 unspecified atom stereocenters. The number of carbonyl (C=O) groups is 1. The van der Waals surface area contributed by atoms with E-state index in [1.165, 1.54) is 0 Å². The molecule has 156 valence electrons. The fourth-order valence-electron chi connectivity index (χ4n) is 3.75. The zero-order valence-corrected chi connectivity index (χ0v) is 17.7. The number of aromatic nitrogens is 2. The van der Waals surface area contributed by atoms with Crippen LogP contribution >= 0.6 is 11.6 Å². The normalized spacial score (nSPS) is 15.3. The second-order valence-electron chi connectivity index (χ2n) is 7.00. The van der Waals surface area contributed by atoms with Crippen LogP contribution in [-0.2, 0) is 11.3 Å². The molecule has 7 nitrogen and oxygen atoms in total. The maximum atomic E-state index is 12.5. The Labute approximate surface area is 179 Å². The SMILES string of the molecule is COc1cc(C2CC(=O)Nc3c2cnn3Cc2ccc(Cl)cc2)cc(OC)c1OC. The van der Waals surface area contributed by atoms with Crippen LogP contribution in [0.5, 0.6) is 17.2 Å². The Bertz CT molecular complexity index is 1050. The van der Waals surface area contributed by atoms with Crippen LogP contribution in [-0.4, -0.2) is 37.0 Å². The van der Waals surface area contributed by atoms with E-state index < -0.39 is 0 Å². The number of benzene rings is 2. The molecule has 0 saturated carbocycles. The highest BCUT2D eigenvalue weighted by molar-refractivity contribution is 6.30. The van der Waals surface area contributed by atoms with E-state index >= 15 is 0 Å². The summed E-state index contributed by atoms with van der Waals surface area (Å²) in [6.45, 7) is 0.523. The highest BCUT2D eigenvalue weighted by Gasteiger charge is 2.31. The standard InChI is InChI=1S/C22H22ClN3O4/c1-28-18-8-14(9-19(29-2)21(18)30-3)16-10-20(27)25-22-17(16)11-24-26(22)12-13-4-6-15(23)7-5-13/h4-9,11,16H,10,12H2,1-3H3,(H,25,27). The van der Waals surface area contributed by atoms with Crippen LogP contribution in [0.2, 0.25) is 5.02 Å². The van der Waals surface area contributed by atoms with Crippen molar-refractivity contribution in [3.63, 3.8) is 0 Å². The maximum absolute atomic E-state index is 12.5. The molecule has 0 radical (unpaired) electrons. The van der Waals surface area contributed by atoms with Gasteiger partial charge >= 0.3 is 0 Å². The van der Waals surface area contributed by atoms with Gasteiger partial charge in [0.1, 0.15) is 5.82 Å². The van der Waals surface area contributed by atoms with Gasteiger partial charge in [-0.2, -0.15) is 5.10 Å². The van der Waals surface area contributed by atoms with E-state index in [1.807, 2.05) is 36.4 Å². The van der Waals surface area contributed by atoms with Crippen LogP contribution in [0, 0.1) is 0 Å². The van der Waals surface area contributed by atoms with E-state index in [9.17, 15) is 4.79 Å². The molecule has 0 bridgehead atoms. The van der Waals surface area contributed by atoms with Crippen LogP contribution in [0.1, 0.15) is 29.0 Å². The minimum Gasteiger partial charge on any atom is -0.493 e. The van der Waals surface area contributed by atoms with Crippen LogP contribution < -0.4 is 19.5 Å². The van der Waals surface area contributed by atoms with Gasteiger partial charge in [0.05, 0.1) is 34.1 Å². The third-order valence-electron chi connectivity index (χ3n) is 5.23. The summed E-state index contributed by atoms with van der Waals surface area (Å²) >= 11 is 5.98. The predicted molar refractivity (Wildman–Crippen MR) is 114 cm³/mol. The molecule has 0 fully saturated rings. The van der Waals surface area contributed by atoms with Crippen LogP contribution in [0.15, 0.2) is 42.6 Å². The van der Waals surface area contributed by atoms with Crippen molar-refractivity contribution in [2.45, 2.75) is 18.9 Å². The smallest absolute Gasteiger partial charge is 0.226 e. The van der Waals surface area contributed by atoms with E-state index in [-0.39, 0.29) is 11.8 Å². The Kier molecular flexibility index (Phi) is 5.55. The fraction of sp³-hybridized carbons (Fsp3) is 0.273.